The summed E-state index contributed by atoms with van der Waals surface area (Å²) in [7, 11) is 1.62. The van der Waals surface area contributed by atoms with Crippen molar-refractivity contribution < 1.29 is 32.5 Å². The molecule has 1 aromatic rings. The smallest absolute Gasteiger partial charge is 0.379 e. The number of ether oxygens (including phenoxy) is 1. The van der Waals surface area contributed by atoms with Gasteiger partial charge < -0.3 is 19.0 Å². The number of phosphoric acid groups is 1. The Kier molecular flexibility index (Phi) is 24.8. The monoisotopic (exact) mass is 669 g/mol. The molecular weight excluding hydrogens is 599 g/mol. The van der Waals surface area contributed by atoms with Crippen LogP contribution in [0.1, 0.15) is 135 Å². The minimum absolute atomic E-state index is 0.0879. The number of rotatable bonds is 31. The molecule has 0 radical (unpaired) electrons. The number of carbonyl (C=O) groups excluding carboxylic acids is 1. The molecule has 0 saturated heterocycles. The van der Waals surface area contributed by atoms with Crippen molar-refractivity contribution in [3.05, 3.63) is 35.9 Å². The van der Waals surface area contributed by atoms with E-state index in [0.29, 0.717) is 24.2 Å². The third kappa shape index (κ3) is 25.8. The van der Waals surface area contributed by atoms with Gasteiger partial charge in [0.1, 0.15) is 19.3 Å². The highest BCUT2D eigenvalue weighted by Crippen LogP contribution is 2.44. The molecule has 2 atom stereocenters. The summed E-state index contributed by atoms with van der Waals surface area (Å²) in [5, 5.41) is 0. The van der Waals surface area contributed by atoms with Crippen molar-refractivity contribution in [3.8, 4) is 0 Å². The van der Waals surface area contributed by atoms with Gasteiger partial charge >= 0.3 is 7.82 Å². The van der Waals surface area contributed by atoms with Gasteiger partial charge in [-0.25, -0.2) is 4.57 Å². The van der Waals surface area contributed by atoms with Crippen molar-refractivity contribution in [2.45, 2.75) is 142 Å². The maximum atomic E-state index is 12.8. The van der Waals surface area contributed by atoms with Gasteiger partial charge in [-0.15, -0.1) is 0 Å². The number of hydrogen-bond acceptors (Lipinski definition) is 5. The Hall–Kier alpha value is -1.28. The Morgan fingerprint density at radius 2 is 1.26 bits per heavy atom. The number of benzene rings is 1. The van der Waals surface area contributed by atoms with Crippen LogP contribution >= 0.6 is 7.82 Å². The Labute approximate surface area is 282 Å². The maximum absolute atomic E-state index is 12.8. The average molecular weight is 670 g/mol. The van der Waals surface area contributed by atoms with E-state index in [9.17, 15) is 14.3 Å². The van der Waals surface area contributed by atoms with E-state index in [1.807, 2.05) is 51.5 Å². The van der Waals surface area contributed by atoms with Crippen molar-refractivity contribution in [3.63, 3.8) is 0 Å². The summed E-state index contributed by atoms with van der Waals surface area (Å²) in [5.41, 5.74) is 0.975. The molecule has 0 aliphatic heterocycles. The Bertz CT molecular complexity index is 911. The zero-order valence-electron chi connectivity index (χ0n) is 30.3. The minimum Gasteiger partial charge on any atom is -0.379 e. The molecule has 268 valence electrons. The first-order valence-corrected chi connectivity index (χ1v) is 19.9. The van der Waals surface area contributed by atoms with E-state index >= 15 is 0 Å². The van der Waals surface area contributed by atoms with Crippen LogP contribution in [-0.4, -0.2) is 80.3 Å². The average Bonchev–Trinajstić information content (AvgIpc) is 2.99. The summed E-state index contributed by atoms with van der Waals surface area (Å²) in [6.07, 6.45) is 23.1. The molecule has 1 N–H and O–H groups in total. The Balaban J connectivity index is 2.28. The molecule has 0 bridgehead atoms. The zero-order chi connectivity index (χ0) is 33.9. The molecule has 1 aromatic carbocycles. The van der Waals surface area contributed by atoms with E-state index < -0.39 is 13.9 Å². The fourth-order valence-corrected chi connectivity index (χ4v) is 6.32. The van der Waals surface area contributed by atoms with Crippen LogP contribution in [0.25, 0.3) is 0 Å². The zero-order valence-corrected chi connectivity index (χ0v) is 31.2. The van der Waals surface area contributed by atoms with Crippen LogP contribution in [-0.2, 0) is 29.7 Å². The highest BCUT2D eigenvalue weighted by molar-refractivity contribution is 7.47. The van der Waals surface area contributed by atoms with Crippen LogP contribution in [0, 0.1) is 0 Å². The molecule has 2 unspecified atom stereocenters. The van der Waals surface area contributed by atoms with Gasteiger partial charge in [-0.05, 0) is 12.0 Å². The first-order valence-electron chi connectivity index (χ1n) is 18.4. The number of hydrogen-bond donors (Lipinski definition) is 1. The minimum atomic E-state index is -4.33. The summed E-state index contributed by atoms with van der Waals surface area (Å²) < 4.78 is 30.1. The van der Waals surface area contributed by atoms with Crippen molar-refractivity contribution in [1.29, 1.82) is 0 Å². The molecular formula is C37H70N2O6P+. The van der Waals surface area contributed by atoms with Gasteiger partial charge in [0.2, 0.25) is 5.91 Å². The van der Waals surface area contributed by atoms with Crippen LogP contribution < -0.4 is 0 Å². The molecule has 0 aromatic heterocycles. The Morgan fingerprint density at radius 1 is 0.783 bits per heavy atom. The van der Waals surface area contributed by atoms with E-state index in [1.165, 1.54) is 110 Å². The van der Waals surface area contributed by atoms with Crippen molar-refractivity contribution >= 4 is 13.7 Å². The molecule has 0 fully saturated rings. The second kappa shape index (κ2) is 26.6. The van der Waals surface area contributed by atoms with E-state index in [4.69, 9.17) is 13.8 Å². The highest BCUT2D eigenvalue weighted by Gasteiger charge is 2.29. The van der Waals surface area contributed by atoms with Crippen molar-refractivity contribution in [1.82, 2.24) is 4.90 Å². The molecule has 0 saturated carbocycles. The van der Waals surface area contributed by atoms with Gasteiger partial charge in [0.05, 0.1) is 34.3 Å². The fraction of sp³-hybridized carbons (Fsp3) is 0.811. The molecule has 0 heterocycles. The number of carbonyl (C=O) groups is 1. The molecule has 8 nitrogen and oxygen atoms in total. The first kappa shape index (κ1) is 42.7. The first-order chi connectivity index (χ1) is 22.0. The summed E-state index contributed by atoms with van der Waals surface area (Å²) in [5.74, 6) is -0.139. The summed E-state index contributed by atoms with van der Waals surface area (Å²) in [6, 6.07) is 9.68. The second-order valence-electron chi connectivity index (χ2n) is 14.0. The standard InChI is InChI=1S/C37H69N2O6P/c1-6-7-8-9-10-11-12-13-14-15-16-17-18-19-20-21-22-26-30-43-34-37(45-46(41,42)44-31-29-39(3,4)5)33-38(35(2)40)32-36-27-24-23-25-28-36/h23-25,27-28,37H,6-22,26,29-34H2,1-5H3/p+1. The summed E-state index contributed by atoms with van der Waals surface area (Å²) in [6.45, 7) is 5.60. The van der Waals surface area contributed by atoms with Gasteiger partial charge in [-0.1, -0.05) is 146 Å². The van der Waals surface area contributed by atoms with E-state index in [-0.39, 0.29) is 25.7 Å². The lowest BCUT2D eigenvalue weighted by Gasteiger charge is -2.28. The number of likely N-dealkylation sites (N-methyl/N-ethyl adjacent to an activating group) is 1. The normalized spacial score (nSPS) is 13.9. The second-order valence-corrected chi connectivity index (χ2v) is 15.4. The van der Waals surface area contributed by atoms with Crippen LogP contribution in [0.15, 0.2) is 30.3 Å². The van der Waals surface area contributed by atoms with Crippen molar-refractivity contribution in [2.75, 3.05) is 54.1 Å². The van der Waals surface area contributed by atoms with Gasteiger partial charge in [-0.3, -0.25) is 13.8 Å². The lowest BCUT2D eigenvalue weighted by atomic mass is 10.0. The number of amides is 1. The van der Waals surface area contributed by atoms with Crippen LogP contribution in [0.3, 0.4) is 0 Å². The van der Waals surface area contributed by atoms with E-state index in [2.05, 4.69) is 6.92 Å². The topological polar surface area (TPSA) is 85.3 Å². The lowest BCUT2D eigenvalue weighted by Crippen LogP contribution is -2.39. The highest BCUT2D eigenvalue weighted by atomic mass is 31.2. The van der Waals surface area contributed by atoms with Gasteiger partial charge in [-0.2, -0.15) is 0 Å². The molecule has 0 spiro atoms. The molecule has 1 rings (SSSR count). The quantitative estimate of drug-likeness (QED) is 0.0482. The van der Waals surface area contributed by atoms with Gasteiger partial charge in [0, 0.05) is 20.1 Å². The molecule has 46 heavy (non-hydrogen) atoms. The third-order valence-corrected chi connectivity index (χ3v) is 9.40. The predicted molar refractivity (Wildman–Crippen MR) is 191 cm³/mol. The lowest BCUT2D eigenvalue weighted by molar-refractivity contribution is -0.870. The van der Waals surface area contributed by atoms with Gasteiger partial charge in [0.15, 0.2) is 0 Å². The Morgan fingerprint density at radius 3 is 1.72 bits per heavy atom. The number of quaternary nitrogens is 1. The number of nitrogens with zero attached hydrogens (tertiary/aromatic N) is 2. The van der Waals surface area contributed by atoms with E-state index in [1.54, 1.807) is 4.90 Å². The summed E-state index contributed by atoms with van der Waals surface area (Å²) in [4.78, 5) is 24.5. The van der Waals surface area contributed by atoms with Gasteiger partial charge in [0.25, 0.3) is 0 Å². The maximum Gasteiger partial charge on any atom is 0.472 e. The third-order valence-electron chi connectivity index (χ3n) is 8.33. The number of unbranched alkanes of at least 4 members (excludes halogenated alkanes) is 17. The van der Waals surface area contributed by atoms with E-state index in [0.717, 1.165) is 18.4 Å². The van der Waals surface area contributed by atoms with Crippen LogP contribution in [0.2, 0.25) is 0 Å². The number of phosphoric ester groups is 1. The molecule has 1 amide bonds. The van der Waals surface area contributed by atoms with Crippen LogP contribution in [0.4, 0.5) is 0 Å². The fourth-order valence-electron chi connectivity index (χ4n) is 5.44. The summed E-state index contributed by atoms with van der Waals surface area (Å²) >= 11 is 0. The largest absolute Gasteiger partial charge is 0.472 e. The van der Waals surface area contributed by atoms with Crippen molar-refractivity contribution in [2.24, 2.45) is 0 Å². The van der Waals surface area contributed by atoms with Crippen LogP contribution in [0.5, 0.6) is 0 Å². The molecule has 0 aliphatic rings. The SMILES string of the molecule is CCCCCCCCCCCCCCCCCCCCOCC(CN(Cc1ccccc1)C(C)=O)OP(=O)(O)OCC[N+](C)(C)C. The molecule has 0 aliphatic carbocycles. The molecule has 9 heteroatoms. The predicted octanol–water partition coefficient (Wildman–Crippen LogP) is 9.30.